The second-order valence-electron chi connectivity index (χ2n) is 2.29. The maximum atomic E-state index is 5.78. The number of pyridine rings is 1. The molecular weight excluding hydrogens is 194 g/mol. The van der Waals surface area contributed by atoms with Crippen LogP contribution in [0.4, 0.5) is 0 Å². The van der Waals surface area contributed by atoms with Gasteiger partial charge in [0.05, 0.1) is 12.5 Å². The van der Waals surface area contributed by atoms with Gasteiger partial charge >= 0.3 is 0 Å². The number of thiophene rings is 1. The van der Waals surface area contributed by atoms with E-state index in [1.165, 1.54) is 0 Å². The molecule has 0 bridgehead atoms. The molecule has 0 spiro atoms. The van der Waals surface area contributed by atoms with Crippen molar-refractivity contribution in [1.82, 2.24) is 4.98 Å². The fraction of sp³-hybridized carbons (Fsp3) is 0.125. The summed E-state index contributed by atoms with van der Waals surface area (Å²) < 4.78 is 5.15. The van der Waals surface area contributed by atoms with Crippen LogP contribution in [0.1, 0.15) is 0 Å². The summed E-state index contributed by atoms with van der Waals surface area (Å²) in [6.45, 7) is 0. The monoisotopic (exact) mass is 199 g/mol. The molecule has 0 fully saturated rings. The second-order valence-corrected chi connectivity index (χ2v) is 3.57. The number of halogens is 1. The standard InChI is InChI=1S/C8H6ClNOS/c1-11-6-4-7(9)10-8-5(6)2-3-12-8/h2-4H,1H3. The highest BCUT2D eigenvalue weighted by Crippen LogP contribution is 2.30. The first-order valence-corrected chi connectivity index (χ1v) is 4.65. The molecule has 12 heavy (non-hydrogen) atoms. The summed E-state index contributed by atoms with van der Waals surface area (Å²) in [6.07, 6.45) is 0. The third-order valence-electron chi connectivity index (χ3n) is 1.59. The molecule has 2 rings (SSSR count). The van der Waals surface area contributed by atoms with Gasteiger partial charge in [-0.05, 0) is 11.4 Å². The van der Waals surface area contributed by atoms with Gasteiger partial charge in [0.2, 0.25) is 0 Å². The number of fused-ring (bicyclic) bond motifs is 1. The van der Waals surface area contributed by atoms with Gasteiger partial charge in [-0.3, -0.25) is 0 Å². The molecule has 0 saturated carbocycles. The number of ether oxygens (including phenoxy) is 1. The van der Waals surface area contributed by atoms with Gasteiger partial charge in [-0.2, -0.15) is 0 Å². The molecule has 0 aliphatic rings. The fourth-order valence-electron chi connectivity index (χ4n) is 1.06. The Bertz CT molecular complexity index is 412. The predicted octanol–water partition coefficient (Wildman–Crippen LogP) is 2.96. The third kappa shape index (κ3) is 1.15. The molecular formula is C8H6ClNOS. The molecule has 0 aliphatic carbocycles. The molecule has 0 unspecified atom stereocenters. The normalized spacial score (nSPS) is 10.5. The molecule has 0 aliphatic heterocycles. The molecule has 0 atom stereocenters. The number of methoxy groups -OCH3 is 1. The van der Waals surface area contributed by atoms with Gasteiger partial charge in [0.1, 0.15) is 15.7 Å². The van der Waals surface area contributed by atoms with Crippen LogP contribution in [0.15, 0.2) is 17.5 Å². The van der Waals surface area contributed by atoms with Crippen LogP contribution in [0.5, 0.6) is 5.75 Å². The van der Waals surface area contributed by atoms with Crippen LogP contribution in [0, 0.1) is 0 Å². The van der Waals surface area contributed by atoms with E-state index < -0.39 is 0 Å². The van der Waals surface area contributed by atoms with Crippen molar-refractivity contribution >= 4 is 33.2 Å². The van der Waals surface area contributed by atoms with Crippen molar-refractivity contribution in [1.29, 1.82) is 0 Å². The van der Waals surface area contributed by atoms with E-state index in [1.807, 2.05) is 11.4 Å². The molecule has 2 heterocycles. The third-order valence-corrected chi connectivity index (χ3v) is 2.59. The van der Waals surface area contributed by atoms with E-state index in [-0.39, 0.29) is 0 Å². The summed E-state index contributed by atoms with van der Waals surface area (Å²) in [4.78, 5) is 5.06. The van der Waals surface area contributed by atoms with E-state index >= 15 is 0 Å². The van der Waals surface area contributed by atoms with Gasteiger partial charge in [-0.15, -0.1) is 11.3 Å². The molecule has 0 saturated heterocycles. The van der Waals surface area contributed by atoms with Crippen molar-refractivity contribution in [2.45, 2.75) is 0 Å². The lowest BCUT2D eigenvalue weighted by Crippen LogP contribution is -1.84. The highest BCUT2D eigenvalue weighted by Gasteiger charge is 2.04. The number of hydrogen-bond acceptors (Lipinski definition) is 3. The smallest absolute Gasteiger partial charge is 0.134 e. The molecule has 0 N–H and O–H groups in total. The maximum absolute atomic E-state index is 5.78. The lowest BCUT2D eigenvalue weighted by atomic mass is 10.3. The van der Waals surface area contributed by atoms with E-state index in [2.05, 4.69) is 4.98 Å². The Hall–Kier alpha value is -0.800. The van der Waals surface area contributed by atoms with Gasteiger partial charge in [0, 0.05) is 6.07 Å². The number of hydrogen-bond donors (Lipinski definition) is 0. The molecule has 2 aromatic rings. The Balaban J connectivity index is 2.80. The summed E-state index contributed by atoms with van der Waals surface area (Å²) in [6, 6.07) is 3.69. The Morgan fingerprint density at radius 1 is 1.58 bits per heavy atom. The Morgan fingerprint density at radius 3 is 3.17 bits per heavy atom. The van der Waals surface area contributed by atoms with E-state index in [1.54, 1.807) is 24.5 Å². The Morgan fingerprint density at radius 2 is 2.42 bits per heavy atom. The molecule has 0 aromatic carbocycles. The molecule has 2 nitrogen and oxygen atoms in total. The first-order valence-electron chi connectivity index (χ1n) is 3.39. The Kier molecular flexibility index (Phi) is 1.90. The maximum Gasteiger partial charge on any atom is 0.134 e. The van der Waals surface area contributed by atoms with Crippen molar-refractivity contribution in [2.75, 3.05) is 7.11 Å². The van der Waals surface area contributed by atoms with E-state index in [0.29, 0.717) is 5.15 Å². The van der Waals surface area contributed by atoms with Crippen LogP contribution in [0.3, 0.4) is 0 Å². The van der Waals surface area contributed by atoms with Crippen LogP contribution in [-0.2, 0) is 0 Å². The summed E-state index contributed by atoms with van der Waals surface area (Å²) in [5.41, 5.74) is 0. The fourth-order valence-corrected chi connectivity index (χ4v) is 2.07. The first kappa shape index (κ1) is 7.83. The SMILES string of the molecule is COc1cc(Cl)nc2sccc12. The zero-order valence-corrected chi connectivity index (χ0v) is 7.95. The second kappa shape index (κ2) is 2.92. The van der Waals surface area contributed by atoms with Crippen molar-refractivity contribution < 1.29 is 4.74 Å². The van der Waals surface area contributed by atoms with Gasteiger partial charge in [-0.25, -0.2) is 4.98 Å². The molecule has 62 valence electrons. The summed E-state index contributed by atoms with van der Waals surface area (Å²) in [5.74, 6) is 0.784. The van der Waals surface area contributed by atoms with Gasteiger partial charge < -0.3 is 4.74 Å². The van der Waals surface area contributed by atoms with Crippen molar-refractivity contribution in [2.24, 2.45) is 0 Å². The van der Waals surface area contributed by atoms with E-state index in [9.17, 15) is 0 Å². The minimum Gasteiger partial charge on any atom is -0.496 e. The average Bonchev–Trinajstić information content (AvgIpc) is 2.50. The highest BCUT2D eigenvalue weighted by molar-refractivity contribution is 7.16. The highest BCUT2D eigenvalue weighted by atomic mass is 35.5. The minimum absolute atomic E-state index is 0.474. The Labute approximate surface area is 78.8 Å². The zero-order valence-electron chi connectivity index (χ0n) is 6.37. The van der Waals surface area contributed by atoms with Crippen LogP contribution in [-0.4, -0.2) is 12.1 Å². The largest absolute Gasteiger partial charge is 0.496 e. The zero-order chi connectivity index (χ0) is 8.55. The lowest BCUT2D eigenvalue weighted by Gasteiger charge is -2.00. The van der Waals surface area contributed by atoms with E-state index in [4.69, 9.17) is 16.3 Å². The van der Waals surface area contributed by atoms with Gasteiger partial charge in [0.15, 0.2) is 0 Å². The van der Waals surface area contributed by atoms with Crippen LogP contribution >= 0.6 is 22.9 Å². The van der Waals surface area contributed by atoms with E-state index in [0.717, 1.165) is 16.0 Å². The number of aromatic nitrogens is 1. The predicted molar refractivity (Wildman–Crippen MR) is 51.2 cm³/mol. The molecule has 0 amide bonds. The average molecular weight is 200 g/mol. The first-order chi connectivity index (χ1) is 5.81. The van der Waals surface area contributed by atoms with Crippen molar-refractivity contribution in [3.8, 4) is 5.75 Å². The molecule has 0 radical (unpaired) electrons. The summed E-state index contributed by atoms with van der Waals surface area (Å²) >= 11 is 7.33. The van der Waals surface area contributed by atoms with Crippen LogP contribution in [0.25, 0.3) is 10.2 Å². The van der Waals surface area contributed by atoms with Gasteiger partial charge in [0.25, 0.3) is 0 Å². The molecule has 2 aromatic heterocycles. The van der Waals surface area contributed by atoms with Crippen molar-refractivity contribution in [3.63, 3.8) is 0 Å². The number of nitrogens with zero attached hydrogens (tertiary/aromatic N) is 1. The summed E-state index contributed by atoms with van der Waals surface area (Å²) in [5, 5.41) is 3.46. The summed E-state index contributed by atoms with van der Waals surface area (Å²) in [7, 11) is 1.63. The quantitative estimate of drug-likeness (QED) is 0.659. The topological polar surface area (TPSA) is 22.1 Å². The van der Waals surface area contributed by atoms with Crippen LogP contribution in [0.2, 0.25) is 5.15 Å². The molecule has 4 heteroatoms. The van der Waals surface area contributed by atoms with Crippen molar-refractivity contribution in [3.05, 3.63) is 22.7 Å². The number of rotatable bonds is 1. The van der Waals surface area contributed by atoms with Gasteiger partial charge in [-0.1, -0.05) is 11.6 Å². The minimum atomic E-state index is 0.474. The lowest BCUT2D eigenvalue weighted by molar-refractivity contribution is 0.419. The van der Waals surface area contributed by atoms with Crippen LogP contribution < -0.4 is 4.74 Å².